The van der Waals surface area contributed by atoms with Crippen LogP contribution in [-0.2, 0) is 0 Å². The summed E-state index contributed by atoms with van der Waals surface area (Å²) in [6.07, 6.45) is 0. The van der Waals surface area contributed by atoms with Gasteiger partial charge in [0.05, 0.1) is 12.5 Å². The van der Waals surface area contributed by atoms with Crippen LogP contribution in [0.3, 0.4) is 0 Å². The zero-order valence-electron chi connectivity index (χ0n) is 5.21. The van der Waals surface area contributed by atoms with Crippen LogP contribution in [0.15, 0.2) is 0 Å². The van der Waals surface area contributed by atoms with E-state index in [2.05, 4.69) is 38.0 Å². The molecule has 0 heterocycles. The van der Waals surface area contributed by atoms with E-state index in [1.807, 2.05) is 0 Å². The van der Waals surface area contributed by atoms with Gasteiger partial charge in [-0.15, -0.1) is 0 Å². The second-order valence-corrected chi connectivity index (χ2v) is 7.30. The zero-order valence-corrected chi connectivity index (χ0v) is 6.21. The summed E-state index contributed by atoms with van der Waals surface area (Å²) in [5.74, 6) is 2.67. The Balaban J connectivity index is 3.72. The van der Waals surface area contributed by atoms with Gasteiger partial charge in [-0.2, -0.15) is 0 Å². The Morgan fingerprint density at radius 1 is 1.29 bits per heavy atom. The van der Waals surface area contributed by atoms with Gasteiger partial charge in [0, 0.05) is 0 Å². The summed E-state index contributed by atoms with van der Waals surface area (Å²) in [5.41, 5.74) is 3.06. The van der Waals surface area contributed by atoms with E-state index < -0.39 is 8.07 Å². The van der Waals surface area contributed by atoms with Crippen molar-refractivity contribution in [2.75, 3.05) is 0 Å². The quantitative estimate of drug-likeness (QED) is 0.253. The molecule has 0 aliphatic carbocycles. The highest BCUT2D eigenvalue weighted by Gasteiger charge is 2.16. The van der Waals surface area contributed by atoms with E-state index in [1.54, 1.807) is 0 Å². The van der Waals surface area contributed by atoms with Gasteiger partial charge >= 0.3 is 0 Å². The molecule has 0 aromatic rings. The molecule has 0 fully saturated rings. The van der Waals surface area contributed by atoms with E-state index in [-0.39, 0.29) is 0 Å². The first-order valence-corrected chi connectivity index (χ1v) is 5.85. The standard InChI is InChI=1S/C6H11Si/c1-5-6-7(2,3)4/h1H2,2-4H3/q+1. The summed E-state index contributed by atoms with van der Waals surface area (Å²) >= 11 is 0. The van der Waals surface area contributed by atoms with Gasteiger partial charge in [0.15, 0.2) is 0 Å². The van der Waals surface area contributed by atoms with Gasteiger partial charge < -0.3 is 0 Å². The van der Waals surface area contributed by atoms with Crippen molar-refractivity contribution < 1.29 is 0 Å². The molecule has 0 aromatic heterocycles. The highest BCUT2D eigenvalue weighted by atomic mass is 28.3. The van der Waals surface area contributed by atoms with Crippen molar-refractivity contribution >= 4 is 8.07 Å². The summed E-state index contributed by atoms with van der Waals surface area (Å²) in [6.45, 7) is 10.0. The van der Waals surface area contributed by atoms with Crippen molar-refractivity contribution in [1.82, 2.24) is 0 Å². The Labute approximate surface area is 46.9 Å². The maximum atomic E-state index is 3.44. The van der Waals surface area contributed by atoms with Crippen LogP contribution in [0.4, 0.5) is 0 Å². The molecular weight excluding hydrogens is 100 g/mol. The SMILES string of the molecule is [CH2+]C#C[Si](C)(C)C. The average molecular weight is 111 g/mol. The fourth-order valence-corrected chi connectivity index (χ4v) is 0.795. The highest BCUT2D eigenvalue weighted by molar-refractivity contribution is 6.83. The lowest BCUT2D eigenvalue weighted by molar-refractivity contribution is 1.81. The van der Waals surface area contributed by atoms with E-state index in [9.17, 15) is 0 Å². The van der Waals surface area contributed by atoms with Crippen LogP contribution in [0.1, 0.15) is 0 Å². The predicted octanol–water partition coefficient (Wildman–Crippen LogP) is 1.70. The molecule has 0 unspecified atom stereocenters. The number of hydrogen-bond acceptors (Lipinski definition) is 0. The van der Waals surface area contributed by atoms with Gasteiger partial charge in [-0.25, -0.2) is 0 Å². The van der Waals surface area contributed by atoms with Gasteiger partial charge in [0.25, 0.3) is 8.07 Å². The average Bonchev–Trinajstić information content (AvgIpc) is 1.30. The van der Waals surface area contributed by atoms with Crippen LogP contribution < -0.4 is 0 Å². The Kier molecular flexibility index (Phi) is 1.98. The summed E-state index contributed by atoms with van der Waals surface area (Å²) in [6, 6.07) is 0. The van der Waals surface area contributed by atoms with Gasteiger partial charge in [-0.05, 0) is 19.6 Å². The minimum Gasteiger partial charge on any atom is -0.0390 e. The Hall–Kier alpha value is -0.353. The first kappa shape index (κ1) is 6.65. The van der Waals surface area contributed by atoms with Crippen LogP contribution in [0, 0.1) is 18.4 Å². The summed E-state index contributed by atoms with van der Waals surface area (Å²) in [5, 5.41) is 0. The van der Waals surface area contributed by atoms with Crippen molar-refractivity contribution in [3.63, 3.8) is 0 Å². The molecule has 38 valence electrons. The lowest BCUT2D eigenvalue weighted by atomic mass is 10.8. The fourth-order valence-electron chi connectivity index (χ4n) is 0.265. The Morgan fingerprint density at radius 2 is 1.71 bits per heavy atom. The highest BCUT2D eigenvalue weighted by Crippen LogP contribution is 1.95. The Bertz CT molecular complexity index is 97.6. The second-order valence-electron chi connectivity index (χ2n) is 2.55. The molecule has 0 saturated heterocycles. The number of hydrogen-bond donors (Lipinski definition) is 0. The normalized spacial score (nSPS) is 9.57. The molecule has 0 aromatic carbocycles. The first-order valence-electron chi connectivity index (χ1n) is 2.35. The third kappa shape index (κ3) is 5.65. The van der Waals surface area contributed by atoms with Crippen molar-refractivity contribution in [3.8, 4) is 11.5 Å². The molecule has 0 atom stereocenters. The third-order valence-electron chi connectivity index (χ3n) is 0.463. The van der Waals surface area contributed by atoms with Gasteiger partial charge in [-0.1, -0.05) is 0 Å². The van der Waals surface area contributed by atoms with Crippen LogP contribution in [-0.4, -0.2) is 8.07 Å². The van der Waals surface area contributed by atoms with E-state index in [0.717, 1.165) is 0 Å². The molecule has 0 aliphatic rings. The Morgan fingerprint density at radius 3 is 1.71 bits per heavy atom. The minimum atomic E-state index is -1.08. The minimum absolute atomic E-state index is 1.08. The summed E-state index contributed by atoms with van der Waals surface area (Å²) < 4.78 is 0. The van der Waals surface area contributed by atoms with Gasteiger partial charge in [0.1, 0.15) is 5.92 Å². The third-order valence-corrected chi connectivity index (χ3v) is 1.39. The molecule has 0 bridgehead atoms. The monoisotopic (exact) mass is 111 g/mol. The van der Waals surface area contributed by atoms with E-state index in [0.29, 0.717) is 0 Å². The molecule has 0 nitrogen and oxygen atoms in total. The summed E-state index contributed by atoms with van der Waals surface area (Å²) in [7, 11) is -1.08. The largest absolute Gasteiger partial charge is 0.253 e. The van der Waals surface area contributed by atoms with Crippen molar-refractivity contribution in [2.45, 2.75) is 19.6 Å². The van der Waals surface area contributed by atoms with Gasteiger partial charge in [0.2, 0.25) is 0 Å². The molecule has 1 heteroatoms. The molecule has 7 heavy (non-hydrogen) atoms. The predicted molar refractivity (Wildman–Crippen MR) is 36.5 cm³/mol. The van der Waals surface area contributed by atoms with Crippen LogP contribution in [0.2, 0.25) is 19.6 Å². The topological polar surface area (TPSA) is 0 Å². The van der Waals surface area contributed by atoms with E-state index >= 15 is 0 Å². The fraction of sp³-hybridized carbons (Fsp3) is 0.500. The van der Waals surface area contributed by atoms with Crippen molar-refractivity contribution in [3.05, 3.63) is 6.92 Å². The molecule has 0 saturated carbocycles. The van der Waals surface area contributed by atoms with Crippen molar-refractivity contribution in [1.29, 1.82) is 0 Å². The molecule has 0 radical (unpaired) electrons. The molecule has 0 amide bonds. The van der Waals surface area contributed by atoms with Gasteiger partial charge in [-0.3, -0.25) is 0 Å². The van der Waals surface area contributed by atoms with Crippen LogP contribution in [0.25, 0.3) is 0 Å². The molecular formula is C6H11Si+. The van der Waals surface area contributed by atoms with E-state index in [1.165, 1.54) is 0 Å². The summed E-state index contributed by atoms with van der Waals surface area (Å²) in [4.78, 5) is 0. The lowest BCUT2D eigenvalue weighted by Crippen LogP contribution is -2.15. The van der Waals surface area contributed by atoms with Crippen LogP contribution in [0.5, 0.6) is 0 Å². The second kappa shape index (κ2) is 2.09. The molecule has 0 aliphatic heterocycles. The maximum Gasteiger partial charge on any atom is 0.253 e. The maximum absolute atomic E-state index is 3.44. The molecule has 0 N–H and O–H groups in total. The first-order chi connectivity index (χ1) is 3.06. The smallest absolute Gasteiger partial charge is 0.0390 e. The zero-order chi connectivity index (χ0) is 5.91. The van der Waals surface area contributed by atoms with E-state index in [4.69, 9.17) is 0 Å². The van der Waals surface area contributed by atoms with Crippen LogP contribution >= 0.6 is 0 Å². The molecule has 0 rings (SSSR count). The lowest BCUT2D eigenvalue weighted by Gasteiger charge is -1.91. The van der Waals surface area contributed by atoms with Crippen molar-refractivity contribution in [2.24, 2.45) is 0 Å². The molecule has 0 spiro atoms. The number of rotatable bonds is 0.